The average molecular weight is 683 g/mol. The fraction of sp³-hybridized carbons (Fsp3) is 0.486. The summed E-state index contributed by atoms with van der Waals surface area (Å²) in [5, 5.41) is 15.0. The highest BCUT2D eigenvalue weighted by molar-refractivity contribution is 6.35. The predicted molar refractivity (Wildman–Crippen MR) is 173 cm³/mol. The van der Waals surface area contributed by atoms with Gasteiger partial charge >= 0.3 is 0 Å². The summed E-state index contributed by atoms with van der Waals surface area (Å²) in [5.41, 5.74) is -1.58. The van der Waals surface area contributed by atoms with Crippen molar-refractivity contribution in [3.05, 3.63) is 51.7 Å². The van der Waals surface area contributed by atoms with E-state index in [9.17, 15) is 24.3 Å². The standard InChI is InChI=1S/C35H39ClN2O10/c1-19-14-22(39)29(33(42)35(19)34(43)30-25(44-2)17-26(45-3)31(36)32(30)48-35)21(20-9-10-23-24(15-20)47-18-46-23)16-27(40)37-11-7-13-38-12-6-4-5-8-28(38)41/h9-10,15,17,19,21,42H,4-8,11-14,16,18H2,1-3H3,(H,37,40). The Labute approximate surface area is 283 Å². The van der Waals surface area contributed by atoms with Crippen molar-refractivity contribution in [3.63, 3.8) is 0 Å². The molecule has 1 fully saturated rings. The number of nitrogens with one attached hydrogen (secondary N) is 1. The van der Waals surface area contributed by atoms with E-state index in [1.165, 1.54) is 20.3 Å². The number of methoxy groups -OCH3 is 2. The Hall–Kier alpha value is -4.45. The Bertz CT molecular complexity index is 1690. The van der Waals surface area contributed by atoms with Gasteiger partial charge < -0.3 is 39.0 Å². The molecule has 6 rings (SSSR count). The van der Waals surface area contributed by atoms with E-state index in [-0.39, 0.29) is 64.9 Å². The molecule has 256 valence electrons. The van der Waals surface area contributed by atoms with Crippen molar-refractivity contribution in [2.24, 2.45) is 5.92 Å². The minimum absolute atomic E-state index is 0.0175. The maximum absolute atomic E-state index is 14.3. The third kappa shape index (κ3) is 5.80. The molecule has 48 heavy (non-hydrogen) atoms. The molecule has 12 nitrogen and oxygen atoms in total. The van der Waals surface area contributed by atoms with Crippen molar-refractivity contribution < 1.29 is 48.0 Å². The van der Waals surface area contributed by atoms with Crippen LogP contribution in [0.2, 0.25) is 5.02 Å². The Morgan fingerprint density at radius 2 is 1.88 bits per heavy atom. The third-order valence-corrected chi connectivity index (χ3v) is 10.0. The van der Waals surface area contributed by atoms with Crippen LogP contribution in [0.3, 0.4) is 0 Å². The summed E-state index contributed by atoms with van der Waals surface area (Å²) in [6.45, 7) is 3.22. The first kappa shape index (κ1) is 33.5. The van der Waals surface area contributed by atoms with Gasteiger partial charge in [-0.2, -0.15) is 0 Å². The molecule has 3 heterocycles. The lowest BCUT2D eigenvalue weighted by Gasteiger charge is -2.38. The summed E-state index contributed by atoms with van der Waals surface area (Å²) in [7, 11) is 2.79. The molecule has 2 N–H and O–H groups in total. The summed E-state index contributed by atoms with van der Waals surface area (Å²) >= 11 is 6.60. The molecule has 1 spiro atoms. The number of allylic oxidation sites excluding steroid dienone is 1. The Morgan fingerprint density at radius 1 is 1.10 bits per heavy atom. The number of benzene rings is 2. The largest absolute Gasteiger partial charge is 0.507 e. The molecule has 3 atom stereocenters. The molecule has 2 amide bonds. The number of hydrogen-bond acceptors (Lipinski definition) is 10. The summed E-state index contributed by atoms with van der Waals surface area (Å²) in [4.78, 5) is 55.9. The van der Waals surface area contributed by atoms with Crippen LogP contribution in [0.25, 0.3) is 0 Å². The van der Waals surface area contributed by atoms with E-state index in [4.69, 9.17) is 35.3 Å². The normalized spacial score (nSPS) is 22.4. The lowest BCUT2D eigenvalue weighted by Crippen LogP contribution is -2.53. The van der Waals surface area contributed by atoms with Gasteiger partial charge in [0.2, 0.25) is 30.0 Å². The number of carbonyl (C=O) groups excluding carboxylic acids is 4. The molecular formula is C35H39ClN2O10. The highest BCUT2D eigenvalue weighted by Gasteiger charge is 2.61. The second-order valence-electron chi connectivity index (χ2n) is 12.5. The average Bonchev–Trinajstić information content (AvgIpc) is 3.60. The second-order valence-corrected chi connectivity index (χ2v) is 12.9. The topological polar surface area (TPSA) is 150 Å². The molecular weight excluding hydrogens is 644 g/mol. The Morgan fingerprint density at radius 3 is 2.65 bits per heavy atom. The van der Waals surface area contributed by atoms with E-state index in [2.05, 4.69) is 5.32 Å². The number of aliphatic hydroxyl groups is 1. The number of nitrogens with zero attached hydrogens (tertiary/aromatic N) is 1. The van der Waals surface area contributed by atoms with Crippen LogP contribution in [0, 0.1) is 5.92 Å². The maximum atomic E-state index is 14.3. The van der Waals surface area contributed by atoms with Crippen molar-refractivity contribution in [2.75, 3.05) is 40.6 Å². The van der Waals surface area contributed by atoms with Crippen LogP contribution in [0.5, 0.6) is 28.7 Å². The van der Waals surface area contributed by atoms with Crippen LogP contribution in [-0.4, -0.2) is 79.6 Å². The van der Waals surface area contributed by atoms with Crippen LogP contribution in [-0.2, 0) is 14.4 Å². The fourth-order valence-corrected chi connectivity index (χ4v) is 7.35. The van der Waals surface area contributed by atoms with Crippen LogP contribution in [0.1, 0.15) is 73.7 Å². The molecule has 4 aliphatic rings. The zero-order valence-corrected chi connectivity index (χ0v) is 27.9. The van der Waals surface area contributed by atoms with E-state index in [1.807, 2.05) is 4.90 Å². The number of hydrogen-bond donors (Lipinski definition) is 2. The van der Waals surface area contributed by atoms with Gasteiger partial charge in [-0.1, -0.05) is 31.0 Å². The van der Waals surface area contributed by atoms with E-state index in [1.54, 1.807) is 25.1 Å². The minimum Gasteiger partial charge on any atom is -0.507 e. The second kappa shape index (κ2) is 13.6. The lowest BCUT2D eigenvalue weighted by atomic mass is 9.69. The number of halogens is 1. The molecule has 1 aliphatic carbocycles. The number of fused-ring (bicyclic) bond motifs is 2. The van der Waals surface area contributed by atoms with E-state index >= 15 is 0 Å². The smallest absolute Gasteiger partial charge is 0.231 e. The van der Waals surface area contributed by atoms with Gasteiger partial charge in [-0.05, 0) is 37.0 Å². The molecule has 0 saturated carbocycles. The van der Waals surface area contributed by atoms with Crippen molar-refractivity contribution >= 4 is 35.0 Å². The number of aliphatic hydroxyl groups excluding tert-OH is 1. The van der Waals surface area contributed by atoms with Crippen molar-refractivity contribution in [1.29, 1.82) is 0 Å². The Balaban J connectivity index is 1.33. The van der Waals surface area contributed by atoms with Gasteiger partial charge in [0.1, 0.15) is 22.1 Å². The van der Waals surface area contributed by atoms with Gasteiger partial charge in [-0.25, -0.2) is 0 Å². The van der Waals surface area contributed by atoms with Gasteiger partial charge in [0, 0.05) is 62.4 Å². The van der Waals surface area contributed by atoms with Crippen LogP contribution in [0.4, 0.5) is 0 Å². The van der Waals surface area contributed by atoms with E-state index < -0.39 is 34.8 Å². The molecule has 13 heteroatoms. The number of Topliss-reactive ketones (excluding diaryl/α,β-unsaturated/α-hetero) is 2. The number of carbonyl (C=O) groups is 4. The molecule has 1 saturated heterocycles. The molecule has 3 aliphatic heterocycles. The van der Waals surface area contributed by atoms with Gasteiger partial charge in [0.25, 0.3) is 0 Å². The van der Waals surface area contributed by atoms with Crippen LogP contribution < -0.4 is 29.0 Å². The Kier molecular flexibility index (Phi) is 9.46. The van der Waals surface area contributed by atoms with Gasteiger partial charge in [-0.15, -0.1) is 0 Å². The monoisotopic (exact) mass is 682 g/mol. The maximum Gasteiger partial charge on any atom is 0.231 e. The predicted octanol–water partition coefficient (Wildman–Crippen LogP) is 4.90. The SMILES string of the molecule is COc1cc(OC)c2c(c1Cl)OC1(C2=O)C(O)=C(C(CC(=O)NCCCN2CCCCCC2=O)c2ccc3c(c2)OCO3)C(=O)CC1C. The van der Waals surface area contributed by atoms with E-state index in [0.717, 1.165) is 19.3 Å². The van der Waals surface area contributed by atoms with Crippen molar-refractivity contribution in [1.82, 2.24) is 10.2 Å². The first-order valence-electron chi connectivity index (χ1n) is 16.2. The highest BCUT2D eigenvalue weighted by atomic mass is 35.5. The zero-order valence-electron chi connectivity index (χ0n) is 27.2. The minimum atomic E-state index is -2.00. The van der Waals surface area contributed by atoms with Crippen LogP contribution >= 0.6 is 11.6 Å². The third-order valence-electron chi connectivity index (χ3n) is 9.65. The molecule has 2 aromatic rings. The first-order chi connectivity index (χ1) is 23.1. The van der Waals surface area contributed by atoms with Gasteiger partial charge in [0.15, 0.2) is 28.8 Å². The molecule has 3 unspecified atom stereocenters. The molecule has 0 aromatic heterocycles. The van der Waals surface area contributed by atoms with Gasteiger partial charge in [0.05, 0.1) is 14.2 Å². The summed E-state index contributed by atoms with van der Waals surface area (Å²) in [6, 6.07) is 6.50. The van der Waals surface area contributed by atoms with Crippen molar-refractivity contribution in [3.8, 4) is 28.7 Å². The van der Waals surface area contributed by atoms with E-state index in [0.29, 0.717) is 49.5 Å². The van der Waals surface area contributed by atoms with Crippen molar-refractivity contribution in [2.45, 2.75) is 63.4 Å². The summed E-state index contributed by atoms with van der Waals surface area (Å²) in [5.74, 6) is -2.40. The quantitative estimate of drug-likeness (QED) is 0.331. The lowest BCUT2D eigenvalue weighted by molar-refractivity contribution is -0.130. The zero-order chi connectivity index (χ0) is 34.2. The van der Waals surface area contributed by atoms with Gasteiger partial charge in [-0.3, -0.25) is 19.2 Å². The number of ketones is 2. The number of amides is 2. The summed E-state index contributed by atoms with van der Waals surface area (Å²) < 4.78 is 28.2. The highest BCUT2D eigenvalue weighted by Crippen LogP contribution is 2.56. The molecule has 0 radical (unpaired) electrons. The molecule has 2 aromatic carbocycles. The number of likely N-dealkylation sites (tertiary alicyclic amines) is 1. The number of ether oxygens (including phenoxy) is 5. The number of rotatable bonds is 10. The summed E-state index contributed by atoms with van der Waals surface area (Å²) in [6.07, 6.45) is 3.61. The fourth-order valence-electron chi connectivity index (χ4n) is 7.09. The van der Waals surface area contributed by atoms with Crippen LogP contribution in [0.15, 0.2) is 35.6 Å². The molecule has 0 bridgehead atoms. The first-order valence-corrected chi connectivity index (χ1v) is 16.6.